The highest BCUT2D eigenvalue weighted by Gasteiger charge is 2.27. The highest BCUT2D eigenvalue weighted by atomic mass is 32.1. The molecule has 0 aliphatic carbocycles. The molecule has 0 spiro atoms. The lowest BCUT2D eigenvalue weighted by Crippen LogP contribution is -2.54. The van der Waals surface area contributed by atoms with Crippen molar-refractivity contribution in [3.05, 3.63) is 52.1 Å². The van der Waals surface area contributed by atoms with Gasteiger partial charge in [0.2, 0.25) is 23.7 Å². The quantitative estimate of drug-likeness (QED) is 0.0548. The summed E-state index contributed by atoms with van der Waals surface area (Å²) in [5, 5.41) is 22.7. The Morgan fingerprint density at radius 3 is 2.33 bits per heavy atom. The van der Waals surface area contributed by atoms with Crippen molar-refractivity contribution in [3.8, 4) is 0 Å². The molecule has 3 rings (SSSR count). The fourth-order valence-corrected chi connectivity index (χ4v) is 4.70. The Labute approximate surface area is 280 Å². The summed E-state index contributed by atoms with van der Waals surface area (Å²) in [5.74, 6) is -3.83. The number of carboxylic acid groups (broad SMARTS) is 1. The number of carbonyl (C=O) groups excluding carboxylic acids is 4. The zero-order valence-electron chi connectivity index (χ0n) is 26.1. The first-order chi connectivity index (χ1) is 22.9. The van der Waals surface area contributed by atoms with E-state index in [1.54, 1.807) is 12.1 Å². The molecule has 0 saturated heterocycles. The molecule has 0 unspecified atom stereocenters. The number of nitrogens with two attached hydrogens (primary N) is 2. The van der Waals surface area contributed by atoms with Crippen LogP contribution < -0.4 is 43.6 Å². The zero-order valence-corrected chi connectivity index (χ0v) is 27.0. The summed E-state index contributed by atoms with van der Waals surface area (Å²) >= 11 is 4.13. The topological polar surface area (TPSA) is 289 Å². The molecular formula is C29H39N11O7S. The van der Waals surface area contributed by atoms with Gasteiger partial charge in [-0.2, -0.15) is 17.6 Å². The van der Waals surface area contributed by atoms with Crippen molar-refractivity contribution in [1.82, 2.24) is 41.2 Å². The Balaban J connectivity index is 1.51. The number of likely N-dealkylation sites (N-methyl/N-ethyl adjacent to an activating group) is 1. The highest BCUT2D eigenvalue weighted by molar-refractivity contribution is 7.80. The van der Waals surface area contributed by atoms with E-state index in [-0.39, 0.29) is 47.8 Å². The van der Waals surface area contributed by atoms with Crippen LogP contribution in [0.25, 0.3) is 11.2 Å². The van der Waals surface area contributed by atoms with Crippen LogP contribution in [0.15, 0.2) is 35.3 Å². The maximum absolute atomic E-state index is 12.8. The molecule has 0 bridgehead atoms. The fourth-order valence-electron chi connectivity index (χ4n) is 4.44. The van der Waals surface area contributed by atoms with Crippen LogP contribution in [0, 0.1) is 0 Å². The molecule has 2 aromatic heterocycles. The van der Waals surface area contributed by atoms with Gasteiger partial charge in [0.15, 0.2) is 11.2 Å². The number of rotatable bonds is 18. The minimum Gasteiger partial charge on any atom is -0.480 e. The predicted octanol–water partition coefficient (Wildman–Crippen LogP) is -1.35. The molecule has 0 radical (unpaired) electrons. The molecule has 0 saturated carbocycles. The van der Waals surface area contributed by atoms with E-state index in [2.05, 4.69) is 59.1 Å². The average molecular weight is 686 g/mol. The summed E-state index contributed by atoms with van der Waals surface area (Å²) < 4.78 is 0. The maximum atomic E-state index is 12.8. The van der Waals surface area contributed by atoms with Gasteiger partial charge in [-0.05, 0) is 56.5 Å². The second kappa shape index (κ2) is 18.1. The first-order valence-corrected chi connectivity index (χ1v) is 15.6. The third-order valence-electron chi connectivity index (χ3n) is 7.04. The molecule has 3 aromatic rings. The van der Waals surface area contributed by atoms with Gasteiger partial charge < -0.3 is 48.1 Å². The molecule has 4 amide bonds. The Morgan fingerprint density at radius 2 is 1.69 bits per heavy atom. The number of nitrogens with zero attached hydrogens (tertiary/aromatic N) is 3. The van der Waals surface area contributed by atoms with E-state index in [1.807, 2.05) is 0 Å². The van der Waals surface area contributed by atoms with Gasteiger partial charge >= 0.3 is 11.5 Å². The van der Waals surface area contributed by atoms with E-state index in [0.717, 1.165) is 0 Å². The van der Waals surface area contributed by atoms with Crippen LogP contribution in [0.2, 0.25) is 0 Å². The number of aliphatic carboxylic acids is 1. The number of hydrogen-bond acceptors (Lipinski definition) is 13. The summed E-state index contributed by atoms with van der Waals surface area (Å²) in [6, 6.07) is 2.84. The Bertz CT molecular complexity index is 1670. The van der Waals surface area contributed by atoms with E-state index in [9.17, 15) is 33.9 Å². The molecule has 3 atom stereocenters. The second-order valence-corrected chi connectivity index (χ2v) is 10.9. The number of hydrogen-bond donors (Lipinski definition) is 10. The molecule has 0 fully saturated rings. The van der Waals surface area contributed by atoms with Crippen LogP contribution >= 0.6 is 12.6 Å². The van der Waals surface area contributed by atoms with E-state index in [1.165, 1.54) is 25.4 Å². The number of nitrogens with one attached hydrogen (secondary N) is 6. The van der Waals surface area contributed by atoms with Crippen LogP contribution in [-0.4, -0.2) is 92.1 Å². The Morgan fingerprint density at radius 1 is 0.958 bits per heavy atom. The number of thiol groups is 1. The number of anilines is 2. The molecule has 0 aliphatic rings. The molecule has 11 N–H and O–H groups in total. The summed E-state index contributed by atoms with van der Waals surface area (Å²) in [5.41, 5.74) is 11.9. The van der Waals surface area contributed by atoms with Crippen molar-refractivity contribution in [2.45, 2.75) is 56.8 Å². The number of fused-ring (bicyclic) bond motifs is 1. The number of H-pyrrole nitrogens is 1. The second-order valence-electron chi connectivity index (χ2n) is 10.6. The fraction of sp³-hybridized carbons (Fsp3) is 0.414. The minimum atomic E-state index is -1.40. The Kier molecular flexibility index (Phi) is 14.0. The van der Waals surface area contributed by atoms with E-state index in [4.69, 9.17) is 11.5 Å². The summed E-state index contributed by atoms with van der Waals surface area (Å²) in [6.07, 6.45) is 2.51. The van der Waals surface area contributed by atoms with Gasteiger partial charge in [-0.15, -0.1) is 0 Å². The van der Waals surface area contributed by atoms with Crippen molar-refractivity contribution < 1.29 is 29.1 Å². The van der Waals surface area contributed by atoms with E-state index < -0.39 is 53.3 Å². The number of unbranched alkanes of at least 4 members (excludes halogenated alkanes) is 1. The molecule has 2 heterocycles. The molecule has 258 valence electrons. The number of benzene rings is 1. The number of carboxylic acids is 1. The standard InChI is InChI=1S/C29H39N11O7S/c1-32-25(43)18(4-2-3-11-30)37-26(44)20(14-48)36-21(41)10-9-19(28(46)47)38-24(42)15-5-7-16(8-6-15)33-12-17-13-34-23-22(35-17)27(45)40-29(31)39-23/h5-8,13,18-20,33,48H,2-4,9-12,14,30H2,1H3,(H,32,43)(H,36,41)(H,37,44)(H,38,42)(H,46,47)(H3,31,34,39,40,45)/t18-,19-,20-/m0/s1. The smallest absolute Gasteiger partial charge is 0.326 e. The van der Waals surface area contributed by atoms with Crippen LogP contribution in [-0.2, 0) is 25.7 Å². The first-order valence-electron chi connectivity index (χ1n) is 15.0. The average Bonchev–Trinajstić information content (AvgIpc) is 3.07. The highest BCUT2D eigenvalue weighted by Crippen LogP contribution is 2.12. The lowest BCUT2D eigenvalue weighted by molar-refractivity contribution is -0.139. The van der Waals surface area contributed by atoms with Crippen molar-refractivity contribution in [2.75, 3.05) is 30.4 Å². The van der Waals surface area contributed by atoms with Crippen molar-refractivity contribution in [1.29, 1.82) is 0 Å². The molecule has 48 heavy (non-hydrogen) atoms. The third kappa shape index (κ3) is 10.9. The zero-order chi connectivity index (χ0) is 35.2. The monoisotopic (exact) mass is 685 g/mol. The maximum Gasteiger partial charge on any atom is 0.326 e. The molecule has 0 aliphatic heterocycles. The predicted molar refractivity (Wildman–Crippen MR) is 179 cm³/mol. The van der Waals surface area contributed by atoms with Crippen molar-refractivity contribution >= 4 is 65.0 Å². The van der Waals surface area contributed by atoms with Crippen LogP contribution in [0.5, 0.6) is 0 Å². The number of aromatic amines is 1. The SMILES string of the molecule is CNC(=O)[C@H](CCCCN)NC(=O)[C@H](CS)NC(=O)CC[C@H](NC(=O)c1ccc(NCc2cnc3[nH]c(N)nc(=O)c3n2)cc1)C(=O)O. The third-order valence-corrected chi connectivity index (χ3v) is 7.40. The number of amides is 4. The first kappa shape index (κ1) is 37.2. The number of aromatic nitrogens is 4. The van der Waals surface area contributed by atoms with E-state index >= 15 is 0 Å². The summed E-state index contributed by atoms with van der Waals surface area (Å²) in [7, 11) is 1.44. The normalized spacial score (nSPS) is 12.7. The van der Waals surface area contributed by atoms with Gasteiger partial charge in [-0.1, -0.05) is 0 Å². The van der Waals surface area contributed by atoms with Gasteiger partial charge in [0.05, 0.1) is 18.4 Å². The summed E-state index contributed by atoms with van der Waals surface area (Å²) in [4.78, 5) is 88.9. The van der Waals surface area contributed by atoms with Gasteiger partial charge in [0.1, 0.15) is 18.1 Å². The lowest BCUT2D eigenvalue weighted by atomic mass is 10.1. The molecule has 19 heteroatoms. The van der Waals surface area contributed by atoms with Crippen LogP contribution in [0.3, 0.4) is 0 Å². The van der Waals surface area contributed by atoms with Gasteiger partial charge in [0.25, 0.3) is 5.91 Å². The Hall–Kier alpha value is -5.30. The molecular weight excluding hydrogens is 646 g/mol. The minimum absolute atomic E-state index is 0.0359. The van der Waals surface area contributed by atoms with Gasteiger partial charge in [0, 0.05) is 30.5 Å². The van der Waals surface area contributed by atoms with Gasteiger partial charge in [-0.3, -0.25) is 24.0 Å². The lowest BCUT2D eigenvalue weighted by Gasteiger charge is -2.22. The number of nitrogen functional groups attached to an aromatic ring is 1. The van der Waals surface area contributed by atoms with Crippen LogP contribution in [0.1, 0.15) is 48.2 Å². The van der Waals surface area contributed by atoms with E-state index in [0.29, 0.717) is 37.2 Å². The summed E-state index contributed by atoms with van der Waals surface area (Å²) in [6.45, 7) is 0.636. The van der Waals surface area contributed by atoms with Crippen LogP contribution in [0.4, 0.5) is 11.6 Å². The largest absolute Gasteiger partial charge is 0.480 e. The molecule has 1 aromatic carbocycles. The van der Waals surface area contributed by atoms with Gasteiger partial charge in [-0.25, -0.2) is 14.8 Å². The van der Waals surface area contributed by atoms with Crippen molar-refractivity contribution in [2.24, 2.45) is 5.73 Å². The van der Waals surface area contributed by atoms with Crippen molar-refractivity contribution in [3.63, 3.8) is 0 Å². The molecule has 18 nitrogen and oxygen atoms in total. The number of carbonyl (C=O) groups is 5.